The van der Waals surface area contributed by atoms with Gasteiger partial charge < -0.3 is 24.5 Å². The molecular weight excluding hydrogens is 332 g/mol. The van der Waals surface area contributed by atoms with E-state index in [9.17, 15) is 0 Å². The SMILES string of the molecule is CCOCc1nc2c(N)nc3cc(OC4CCOC4)ccc3c2n1CC. The molecule has 1 aromatic carbocycles. The predicted octanol–water partition coefficient (Wildman–Crippen LogP) is 2.89. The summed E-state index contributed by atoms with van der Waals surface area (Å²) in [6.07, 6.45) is 1.02. The Morgan fingerprint density at radius 3 is 2.92 bits per heavy atom. The lowest BCUT2D eigenvalue weighted by atomic mass is 10.1. The molecule has 1 aliphatic rings. The zero-order valence-corrected chi connectivity index (χ0v) is 15.2. The largest absolute Gasteiger partial charge is 0.488 e. The van der Waals surface area contributed by atoms with Gasteiger partial charge in [0.25, 0.3) is 0 Å². The minimum absolute atomic E-state index is 0.104. The fourth-order valence-electron chi connectivity index (χ4n) is 3.45. The van der Waals surface area contributed by atoms with Gasteiger partial charge in [0, 0.05) is 31.0 Å². The second-order valence-electron chi connectivity index (χ2n) is 6.39. The van der Waals surface area contributed by atoms with Crippen LogP contribution in [0.4, 0.5) is 5.82 Å². The summed E-state index contributed by atoms with van der Waals surface area (Å²) in [7, 11) is 0. The topological polar surface area (TPSA) is 84.4 Å². The average molecular weight is 356 g/mol. The molecule has 0 spiro atoms. The molecule has 7 nitrogen and oxygen atoms in total. The summed E-state index contributed by atoms with van der Waals surface area (Å²) in [6.45, 7) is 7.35. The molecule has 0 amide bonds. The van der Waals surface area contributed by atoms with Crippen molar-refractivity contribution < 1.29 is 14.2 Å². The number of nitrogens with zero attached hydrogens (tertiary/aromatic N) is 3. The van der Waals surface area contributed by atoms with Gasteiger partial charge in [-0.15, -0.1) is 0 Å². The summed E-state index contributed by atoms with van der Waals surface area (Å²) >= 11 is 0. The van der Waals surface area contributed by atoms with Crippen molar-refractivity contribution in [1.82, 2.24) is 14.5 Å². The van der Waals surface area contributed by atoms with Crippen LogP contribution in [0.15, 0.2) is 18.2 Å². The first-order valence-corrected chi connectivity index (χ1v) is 9.11. The number of hydrogen-bond donors (Lipinski definition) is 1. The number of fused-ring (bicyclic) bond motifs is 3. The summed E-state index contributed by atoms with van der Waals surface area (Å²) in [5, 5.41) is 1.02. The maximum Gasteiger partial charge on any atom is 0.152 e. The molecule has 0 saturated carbocycles. The van der Waals surface area contributed by atoms with Crippen molar-refractivity contribution in [3.63, 3.8) is 0 Å². The van der Waals surface area contributed by atoms with Gasteiger partial charge in [0.1, 0.15) is 29.8 Å². The van der Waals surface area contributed by atoms with Crippen LogP contribution in [0.3, 0.4) is 0 Å². The summed E-state index contributed by atoms with van der Waals surface area (Å²) < 4.78 is 19.1. The number of nitrogens with two attached hydrogens (primary N) is 1. The summed E-state index contributed by atoms with van der Waals surface area (Å²) in [5.41, 5.74) is 8.75. The number of aryl methyl sites for hydroxylation is 1. The molecule has 26 heavy (non-hydrogen) atoms. The van der Waals surface area contributed by atoms with E-state index in [2.05, 4.69) is 21.5 Å². The summed E-state index contributed by atoms with van der Waals surface area (Å²) in [5.74, 6) is 2.09. The predicted molar refractivity (Wildman–Crippen MR) is 100 cm³/mol. The molecule has 1 saturated heterocycles. The smallest absolute Gasteiger partial charge is 0.152 e. The molecule has 1 unspecified atom stereocenters. The van der Waals surface area contributed by atoms with E-state index in [-0.39, 0.29) is 6.10 Å². The fourth-order valence-corrected chi connectivity index (χ4v) is 3.45. The molecule has 1 fully saturated rings. The van der Waals surface area contributed by atoms with Crippen LogP contribution in [0, 0.1) is 0 Å². The zero-order chi connectivity index (χ0) is 18.1. The van der Waals surface area contributed by atoms with Gasteiger partial charge in [-0.3, -0.25) is 0 Å². The van der Waals surface area contributed by atoms with Crippen molar-refractivity contribution in [3.8, 4) is 5.75 Å². The van der Waals surface area contributed by atoms with E-state index in [4.69, 9.17) is 19.9 Å². The number of rotatable bonds is 6. The number of imidazole rings is 1. The van der Waals surface area contributed by atoms with Crippen molar-refractivity contribution in [3.05, 3.63) is 24.0 Å². The van der Waals surface area contributed by atoms with Crippen molar-refractivity contribution in [1.29, 1.82) is 0 Å². The van der Waals surface area contributed by atoms with Crippen LogP contribution in [0.25, 0.3) is 21.9 Å². The Kier molecular flexibility index (Phi) is 4.65. The lowest BCUT2D eigenvalue weighted by molar-refractivity contribution is 0.126. The van der Waals surface area contributed by atoms with Crippen LogP contribution in [0.1, 0.15) is 26.1 Å². The van der Waals surface area contributed by atoms with Gasteiger partial charge in [0.2, 0.25) is 0 Å². The number of pyridine rings is 1. The van der Waals surface area contributed by atoms with Crippen molar-refractivity contribution >= 4 is 27.8 Å². The molecule has 0 aliphatic carbocycles. The summed E-state index contributed by atoms with van der Waals surface area (Å²) in [6, 6.07) is 5.96. The standard InChI is InChI=1S/C19H24N4O3/c1-3-23-16(11-24-4-2)22-17-18(23)14-6-5-12(9-15(14)21-19(17)20)26-13-7-8-25-10-13/h5-6,9,13H,3-4,7-8,10-11H2,1-2H3,(H2,20,21). The Balaban J connectivity index is 1.81. The first kappa shape index (κ1) is 17.1. The van der Waals surface area contributed by atoms with E-state index in [1.165, 1.54) is 0 Å². The van der Waals surface area contributed by atoms with Gasteiger partial charge in [-0.1, -0.05) is 0 Å². The Bertz CT molecular complexity index is 932. The molecule has 0 radical (unpaired) electrons. The third kappa shape index (κ3) is 2.97. The van der Waals surface area contributed by atoms with E-state index in [0.29, 0.717) is 25.6 Å². The second-order valence-corrected chi connectivity index (χ2v) is 6.39. The normalized spacial score (nSPS) is 17.4. The van der Waals surface area contributed by atoms with Gasteiger partial charge in [0.05, 0.1) is 24.2 Å². The van der Waals surface area contributed by atoms with Crippen molar-refractivity contribution in [2.75, 3.05) is 25.6 Å². The third-order valence-electron chi connectivity index (χ3n) is 4.70. The van der Waals surface area contributed by atoms with E-state index < -0.39 is 0 Å². The highest BCUT2D eigenvalue weighted by Crippen LogP contribution is 2.31. The molecule has 4 rings (SSSR count). The number of ether oxygens (including phenoxy) is 3. The van der Waals surface area contributed by atoms with Crippen molar-refractivity contribution in [2.24, 2.45) is 0 Å². The Morgan fingerprint density at radius 1 is 1.31 bits per heavy atom. The van der Waals surface area contributed by atoms with Gasteiger partial charge >= 0.3 is 0 Å². The van der Waals surface area contributed by atoms with Gasteiger partial charge in [-0.2, -0.15) is 0 Å². The lowest BCUT2D eigenvalue weighted by Gasteiger charge is -2.13. The maximum atomic E-state index is 6.21. The Labute approximate surface area is 152 Å². The number of aromatic nitrogens is 3. The molecule has 3 aromatic rings. The van der Waals surface area contributed by atoms with E-state index in [0.717, 1.165) is 53.1 Å². The van der Waals surface area contributed by atoms with Gasteiger partial charge in [0.15, 0.2) is 5.82 Å². The molecule has 2 N–H and O–H groups in total. The first-order valence-electron chi connectivity index (χ1n) is 9.11. The van der Waals surface area contributed by atoms with E-state index >= 15 is 0 Å². The Morgan fingerprint density at radius 2 is 2.19 bits per heavy atom. The molecule has 3 heterocycles. The number of benzene rings is 1. The van der Waals surface area contributed by atoms with Gasteiger partial charge in [-0.25, -0.2) is 9.97 Å². The molecular formula is C19H24N4O3. The highest BCUT2D eigenvalue weighted by molar-refractivity contribution is 6.06. The van der Waals surface area contributed by atoms with Crippen LogP contribution in [-0.2, 0) is 22.6 Å². The minimum Gasteiger partial charge on any atom is -0.488 e. The number of hydrogen-bond acceptors (Lipinski definition) is 6. The van der Waals surface area contributed by atoms with Crippen LogP contribution >= 0.6 is 0 Å². The highest BCUT2D eigenvalue weighted by Gasteiger charge is 2.19. The summed E-state index contributed by atoms with van der Waals surface area (Å²) in [4.78, 5) is 9.24. The molecule has 7 heteroatoms. The van der Waals surface area contributed by atoms with Crippen LogP contribution in [-0.4, -0.2) is 40.5 Å². The first-order chi connectivity index (χ1) is 12.7. The van der Waals surface area contributed by atoms with E-state index in [1.54, 1.807) is 0 Å². The maximum absolute atomic E-state index is 6.21. The fraction of sp³-hybridized carbons (Fsp3) is 0.474. The highest BCUT2D eigenvalue weighted by atomic mass is 16.5. The molecule has 2 aromatic heterocycles. The van der Waals surface area contributed by atoms with Crippen LogP contribution in [0.5, 0.6) is 5.75 Å². The quantitative estimate of drug-likeness (QED) is 0.731. The lowest BCUT2D eigenvalue weighted by Crippen LogP contribution is -2.15. The average Bonchev–Trinajstić information content (AvgIpc) is 3.27. The number of nitrogen functional groups attached to an aromatic ring is 1. The number of anilines is 1. The Hall–Kier alpha value is -2.38. The van der Waals surface area contributed by atoms with Crippen LogP contribution in [0.2, 0.25) is 0 Å². The molecule has 1 aliphatic heterocycles. The van der Waals surface area contributed by atoms with E-state index in [1.807, 2.05) is 25.1 Å². The van der Waals surface area contributed by atoms with Crippen LogP contribution < -0.4 is 10.5 Å². The minimum atomic E-state index is 0.104. The zero-order valence-electron chi connectivity index (χ0n) is 15.2. The monoisotopic (exact) mass is 356 g/mol. The van der Waals surface area contributed by atoms with Gasteiger partial charge in [-0.05, 0) is 26.0 Å². The molecule has 138 valence electrons. The molecule has 0 bridgehead atoms. The second kappa shape index (κ2) is 7.09. The third-order valence-corrected chi connectivity index (χ3v) is 4.70. The van der Waals surface area contributed by atoms with Crippen molar-refractivity contribution in [2.45, 2.75) is 39.5 Å². The molecule has 1 atom stereocenters.